The number of aliphatic hydroxyl groups excluding tert-OH is 1. The minimum absolute atomic E-state index is 0.0291. The van der Waals surface area contributed by atoms with Gasteiger partial charge in [-0.2, -0.15) is 26.3 Å². The largest absolute Gasteiger partial charge is 0.416 e. The molecule has 4 aromatic rings. The van der Waals surface area contributed by atoms with Crippen molar-refractivity contribution in [3.63, 3.8) is 0 Å². The molecule has 2 atom stereocenters. The molecule has 0 spiro atoms. The van der Waals surface area contributed by atoms with E-state index in [1.807, 2.05) is 0 Å². The van der Waals surface area contributed by atoms with Gasteiger partial charge in [0.1, 0.15) is 12.9 Å². The lowest BCUT2D eigenvalue weighted by atomic mass is 10.1. The number of rotatable bonds is 7. The first-order valence-electron chi connectivity index (χ1n) is 12.9. The van der Waals surface area contributed by atoms with Gasteiger partial charge in [0.25, 0.3) is 5.91 Å². The molecular formula is C26H21Cl2F6N7O3. The predicted molar refractivity (Wildman–Crippen MR) is 145 cm³/mol. The molecule has 0 saturated carbocycles. The van der Waals surface area contributed by atoms with Crippen LogP contribution in [0, 0.1) is 5.92 Å². The van der Waals surface area contributed by atoms with Crippen molar-refractivity contribution >= 4 is 29.1 Å². The summed E-state index contributed by atoms with van der Waals surface area (Å²) in [6, 6.07) is 10.0. The van der Waals surface area contributed by atoms with Gasteiger partial charge >= 0.3 is 18.0 Å². The highest BCUT2D eigenvalue weighted by Crippen LogP contribution is 2.35. The van der Waals surface area contributed by atoms with Crippen LogP contribution in [0.1, 0.15) is 22.6 Å². The van der Waals surface area contributed by atoms with E-state index in [4.69, 9.17) is 23.2 Å². The van der Waals surface area contributed by atoms with Gasteiger partial charge in [0, 0.05) is 23.7 Å². The Morgan fingerprint density at radius 1 is 1.05 bits per heavy atom. The van der Waals surface area contributed by atoms with Crippen molar-refractivity contribution in [2.45, 2.75) is 38.0 Å². The van der Waals surface area contributed by atoms with Crippen molar-refractivity contribution in [2.75, 3.05) is 13.1 Å². The zero-order chi connectivity index (χ0) is 32.0. The Labute approximate surface area is 254 Å². The third-order valence-corrected chi connectivity index (χ3v) is 7.53. The number of likely N-dealkylation sites (tertiary alicyclic amines) is 1. The fraction of sp³-hybridized carbons (Fsp3) is 0.346. The Hall–Kier alpha value is -3.89. The van der Waals surface area contributed by atoms with Crippen molar-refractivity contribution in [1.82, 2.24) is 34.0 Å². The summed E-state index contributed by atoms with van der Waals surface area (Å²) in [4.78, 5) is 31.6. The number of carbonyl (C=O) groups is 1. The Morgan fingerprint density at radius 2 is 1.75 bits per heavy atom. The molecular weight excluding hydrogens is 643 g/mol. The molecule has 0 aliphatic carbocycles. The van der Waals surface area contributed by atoms with Crippen LogP contribution >= 0.6 is 23.2 Å². The van der Waals surface area contributed by atoms with Crippen molar-refractivity contribution in [2.24, 2.45) is 5.92 Å². The molecule has 5 rings (SSSR count). The number of aliphatic hydroxyl groups is 1. The lowest BCUT2D eigenvalue weighted by Crippen LogP contribution is -2.37. The van der Waals surface area contributed by atoms with E-state index < -0.39 is 55.6 Å². The van der Waals surface area contributed by atoms with Crippen LogP contribution in [0.4, 0.5) is 26.3 Å². The van der Waals surface area contributed by atoms with Crippen LogP contribution in [-0.2, 0) is 13.1 Å². The number of alkyl halides is 6. The minimum Gasteiger partial charge on any atom is -0.382 e. The quantitative estimate of drug-likeness (QED) is 0.290. The second-order valence-corrected chi connectivity index (χ2v) is 10.8. The zero-order valence-electron chi connectivity index (χ0n) is 22.2. The van der Waals surface area contributed by atoms with Crippen LogP contribution in [0.15, 0.2) is 53.6 Å². The lowest BCUT2D eigenvalue weighted by Gasteiger charge is -2.20. The number of nitrogens with zero attached hydrogens (tertiary/aromatic N) is 7. The number of carbonyl (C=O) groups excluding carboxylic acids is 1. The molecule has 44 heavy (non-hydrogen) atoms. The summed E-state index contributed by atoms with van der Waals surface area (Å²) in [5.74, 6) is -2.60. The van der Waals surface area contributed by atoms with Crippen LogP contribution in [0.3, 0.4) is 0 Å². The van der Waals surface area contributed by atoms with Gasteiger partial charge in [-0.3, -0.25) is 9.36 Å². The third-order valence-electron chi connectivity index (χ3n) is 6.97. The molecule has 10 nitrogen and oxygen atoms in total. The van der Waals surface area contributed by atoms with Gasteiger partial charge in [-0.1, -0.05) is 29.3 Å². The maximum absolute atomic E-state index is 13.2. The van der Waals surface area contributed by atoms with Gasteiger partial charge in [-0.25, -0.2) is 19.1 Å². The molecule has 18 heteroatoms. The summed E-state index contributed by atoms with van der Waals surface area (Å²) in [5, 5.41) is 18.4. The van der Waals surface area contributed by atoms with Crippen LogP contribution < -0.4 is 5.69 Å². The third kappa shape index (κ3) is 6.46. The maximum atomic E-state index is 13.2. The summed E-state index contributed by atoms with van der Waals surface area (Å²) in [6.45, 7) is -2.20. The Bertz CT molecular complexity index is 1730. The van der Waals surface area contributed by atoms with E-state index in [2.05, 4.69) is 15.2 Å². The molecule has 1 aliphatic rings. The number of amides is 1. The molecule has 3 heterocycles. The predicted octanol–water partition coefficient (Wildman–Crippen LogP) is 4.60. The summed E-state index contributed by atoms with van der Waals surface area (Å²) in [5.41, 5.74) is -0.769. The van der Waals surface area contributed by atoms with Gasteiger partial charge in [-0.05, 0) is 42.8 Å². The fourth-order valence-corrected chi connectivity index (χ4v) is 5.10. The summed E-state index contributed by atoms with van der Waals surface area (Å²) in [6.07, 6.45) is -11.4. The Morgan fingerprint density at radius 3 is 2.39 bits per heavy atom. The number of halogens is 8. The van der Waals surface area contributed by atoms with Gasteiger partial charge in [-0.15, -0.1) is 10.2 Å². The number of para-hydroxylation sites is 1. The van der Waals surface area contributed by atoms with Crippen LogP contribution in [0.25, 0.3) is 17.1 Å². The average molecular weight is 664 g/mol. The second kappa shape index (κ2) is 11.9. The van der Waals surface area contributed by atoms with E-state index in [1.165, 1.54) is 42.5 Å². The summed E-state index contributed by atoms with van der Waals surface area (Å²) < 4.78 is 81.6. The minimum atomic E-state index is -5.01. The lowest BCUT2D eigenvalue weighted by molar-refractivity contribution is -0.207. The first-order valence-corrected chi connectivity index (χ1v) is 13.6. The monoisotopic (exact) mass is 663 g/mol. The van der Waals surface area contributed by atoms with E-state index in [9.17, 15) is 41.0 Å². The SMILES string of the molecule is O=C(c1cccc(Cl)c1-n1cnc(Cn2nc(-c3ccc(Cl)cc3)n(CC(O)C(F)(F)F)c2=O)n1)N1CCC(C(F)(F)F)C1. The first kappa shape index (κ1) is 31.5. The van der Waals surface area contributed by atoms with E-state index in [-0.39, 0.29) is 46.5 Å². The highest BCUT2D eigenvalue weighted by atomic mass is 35.5. The molecule has 2 unspecified atom stereocenters. The van der Waals surface area contributed by atoms with Gasteiger partial charge in [0.05, 0.1) is 28.7 Å². The van der Waals surface area contributed by atoms with E-state index in [0.717, 1.165) is 20.6 Å². The van der Waals surface area contributed by atoms with Crippen LogP contribution in [-0.4, -0.2) is 76.6 Å². The van der Waals surface area contributed by atoms with E-state index in [0.29, 0.717) is 9.59 Å². The molecule has 1 amide bonds. The second-order valence-electron chi connectivity index (χ2n) is 9.96. The molecule has 0 radical (unpaired) electrons. The van der Waals surface area contributed by atoms with Gasteiger partial charge in [0.2, 0.25) is 0 Å². The van der Waals surface area contributed by atoms with Crippen LogP contribution in [0.5, 0.6) is 0 Å². The smallest absolute Gasteiger partial charge is 0.382 e. The van der Waals surface area contributed by atoms with E-state index in [1.54, 1.807) is 0 Å². The Kier molecular flexibility index (Phi) is 8.52. The van der Waals surface area contributed by atoms with Crippen molar-refractivity contribution in [3.05, 3.63) is 80.7 Å². The molecule has 234 valence electrons. The average Bonchev–Trinajstić information content (AvgIpc) is 3.69. The highest BCUT2D eigenvalue weighted by molar-refractivity contribution is 6.33. The molecule has 1 fully saturated rings. The molecule has 2 aromatic carbocycles. The first-order chi connectivity index (χ1) is 20.6. The van der Waals surface area contributed by atoms with E-state index >= 15 is 0 Å². The number of hydrogen-bond donors (Lipinski definition) is 1. The number of benzene rings is 2. The molecule has 1 aliphatic heterocycles. The summed E-state index contributed by atoms with van der Waals surface area (Å²) in [7, 11) is 0. The Balaban J connectivity index is 1.45. The van der Waals surface area contributed by atoms with Crippen molar-refractivity contribution in [1.29, 1.82) is 0 Å². The molecule has 2 aromatic heterocycles. The normalized spacial score (nSPS) is 16.5. The van der Waals surface area contributed by atoms with Crippen molar-refractivity contribution in [3.8, 4) is 17.1 Å². The topological polar surface area (TPSA) is 111 Å². The highest BCUT2D eigenvalue weighted by Gasteiger charge is 2.45. The van der Waals surface area contributed by atoms with Gasteiger partial charge < -0.3 is 10.0 Å². The van der Waals surface area contributed by atoms with Crippen LogP contribution in [0.2, 0.25) is 10.0 Å². The van der Waals surface area contributed by atoms with Gasteiger partial charge in [0.15, 0.2) is 17.8 Å². The molecule has 1 N–H and O–H groups in total. The molecule has 1 saturated heterocycles. The summed E-state index contributed by atoms with van der Waals surface area (Å²) >= 11 is 12.3. The molecule has 0 bridgehead atoms. The fourth-order valence-electron chi connectivity index (χ4n) is 4.71. The standard InChI is InChI=1S/C26H21Cl2F6N7O3/c27-16-6-4-14(5-7-16)22-37-40(24(44)39(22)11-19(42)26(32,33)34)12-20-35-13-41(36-20)21-17(2-1-3-18(21)28)23(43)38-9-8-15(10-38)25(29,30)31/h1-7,13,15,19,42H,8-12H2. The van der Waals surface area contributed by atoms with Crippen molar-refractivity contribution < 1.29 is 36.2 Å². The zero-order valence-corrected chi connectivity index (χ0v) is 23.7. The number of hydrogen-bond acceptors (Lipinski definition) is 6. The maximum Gasteiger partial charge on any atom is 0.416 e. The number of aromatic nitrogens is 6.